The van der Waals surface area contributed by atoms with Gasteiger partial charge in [-0.25, -0.2) is 0 Å². The maximum atomic E-state index is 12.8. The van der Waals surface area contributed by atoms with Crippen molar-refractivity contribution in [1.82, 2.24) is 15.1 Å². The van der Waals surface area contributed by atoms with Crippen molar-refractivity contribution >= 4 is 17.7 Å². The second-order valence-electron chi connectivity index (χ2n) is 8.24. The molecule has 0 aromatic carbocycles. The molecule has 1 N–H and O–H groups in total. The van der Waals surface area contributed by atoms with Crippen molar-refractivity contribution in [2.24, 2.45) is 11.8 Å². The molecule has 2 atom stereocenters. The Kier molecular flexibility index (Phi) is 5.69. The van der Waals surface area contributed by atoms with Gasteiger partial charge in [-0.05, 0) is 31.4 Å². The van der Waals surface area contributed by atoms with Gasteiger partial charge in [-0.1, -0.05) is 25.7 Å². The van der Waals surface area contributed by atoms with Crippen molar-refractivity contribution in [1.29, 1.82) is 0 Å². The number of furan rings is 1. The fourth-order valence-corrected chi connectivity index (χ4v) is 4.41. The van der Waals surface area contributed by atoms with Crippen LogP contribution in [0, 0.1) is 11.8 Å². The van der Waals surface area contributed by atoms with Gasteiger partial charge in [0.05, 0.1) is 18.1 Å². The topological polar surface area (TPSA) is 82.9 Å². The molecule has 3 amide bonds. The standard InChI is InChI=1S/C21H29N3O4/c25-19(22-15-6-3-1-2-4-7-15)16-14-17(16)20(26)23-9-11-24(12-10-23)21(27)18-8-5-13-28-18/h5,8,13,15-17H,1-4,6-7,9-12,14H2,(H,22,25). The van der Waals surface area contributed by atoms with Crippen LogP contribution in [0.25, 0.3) is 0 Å². The summed E-state index contributed by atoms with van der Waals surface area (Å²) in [4.78, 5) is 41.1. The molecule has 7 heteroatoms. The molecule has 2 unspecified atom stereocenters. The molecular weight excluding hydrogens is 358 g/mol. The average molecular weight is 387 g/mol. The lowest BCUT2D eigenvalue weighted by atomic mass is 10.1. The van der Waals surface area contributed by atoms with E-state index >= 15 is 0 Å². The number of nitrogens with zero attached hydrogens (tertiary/aromatic N) is 2. The Balaban J connectivity index is 1.23. The van der Waals surface area contributed by atoms with Crippen LogP contribution in [0.1, 0.15) is 55.5 Å². The summed E-state index contributed by atoms with van der Waals surface area (Å²) in [5.41, 5.74) is 0. The van der Waals surface area contributed by atoms with E-state index in [1.54, 1.807) is 21.9 Å². The fourth-order valence-electron chi connectivity index (χ4n) is 4.41. The van der Waals surface area contributed by atoms with Crippen LogP contribution in [0.4, 0.5) is 0 Å². The zero-order valence-electron chi connectivity index (χ0n) is 16.3. The lowest BCUT2D eigenvalue weighted by Crippen LogP contribution is -2.51. The average Bonchev–Trinajstić information content (AvgIpc) is 3.41. The minimum absolute atomic E-state index is 0.0527. The van der Waals surface area contributed by atoms with E-state index in [0.29, 0.717) is 38.4 Å². The molecule has 1 saturated heterocycles. The molecule has 2 saturated carbocycles. The Morgan fingerprint density at radius 2 is 1.61 bits per heavy atom. The van der Waals surface area contributed by atoms with Crippen LogP contribution >= 0.6 is 0 Å². The summed E-state index contributed by atoms with van der Waals surface area (Å²) >= 11 is 0. The number of hydrogen-bond acceptors (Lipinski definition) is 4. The minimum Gasteiger partial charge on any atom is -0.459 e. The first kappa shape index (κ1) is 19.0. The highest BCUT2D eigenvalue weighted by atomic mass is 16.3. The lowest BCUT2D eigenvalue weighted by Gasteiger charge is -2.34. The number of rotatable bonds is 4. The van der Waals surface area contributed by atoms with Crippen LogP contribution in [0.3, 0.4) is 0 Å². The third kappa shape index (κ3) is 4.23. The Morgan fingerprint density at radius 3 is 2.25 bits per heavy atom. The number of piperazine rings is 1. The van der Waals surface area contributed by atoms with Crippen LogP contribution in [-0.4, -0.2) is 59.7 Å². The molecule has 0 spiro atoms. The van der Waals surface area contributed by atoms with E-state index in [-0.39, 0.29) is 35.6 Å². The van der Waals surface area contributed by atoms with E-state index in [0.717, 1.165) is 12.8 Å². The summed E-state index contributed by atoms with van der Waals surface area (Å²) in [6.07, 6.45) is 9.13. The van der Waals surface area contributed by atoms with Gasteiger partial charge in [-0.3, -0.25) is 14.4 Å². The van der Waals surface area contributed by atoms with E-state index in [9.17, 15) is 14.4 Å². The van der Waals surface area contributed by atoms with Gasteiger partial charge in [-0.2, -0.15) is 0 Å². The van der Waals surface area contributed by atoms with Crippen LogP contribution in [0.5, 0.6) is 0 Å². The Labute approximate surface area is 165 Å². The molecule has 0 radical (unpaired) electrons. The Morgan fingerprint density at radius 1 is 0.929 bits per heavy atom. The van der Waals surface area contributed by atoms with Gasteiger partial charge in [0.25, 0.3) is 5.91 Å². The Bertz CT molecular complexity index is 701. The second-order valence-corrected chi connectivity index (χ2v) is 8.24. The maximum absolute atomic E-state index is 12.8. The quantitative estimate of drug-likeness (QED) is 0.802. The molecule has 152 valence electrons. The predicted octanol–water partition coefficient (Wildman–Crippen LogP) is 2.04. The van der Waals surface area contributed by atoms with Crippen LogP contribution in [-0.2, 0) is 9.59 Å². The highest BCUT2D eigenvalue weighted by Gasteiger charge is 2.50. The monoisotopic (exact) mass is 387 g/mol. The molecular formula is C21H29N3O4. The number of carbonyl (C=O) groups excluding carboxylic acids is 3. The summed E-state index contributed by atoms with van der Waals surface area (Å²) in [6.45, 7) is 2.02. The van der Waals surface area contributed by atoms with Crippen molar-refractivity contribution in [3.63, 3.8) is 0 Å². The molecule has 28 heavy (non-hydrogen) atoms. The van der Waals surface area contributed by atoms with Crippen molar-refractivity contribution in [3.05, 3.63) is 24.2 Å². The minimum atomic E-state index is -0.182. The second kappa shape index (κ2) is 8.37. The summed E-state index contributed by atoms with van der Waals surface area (Å²) in [5.74, 6) is -0.0407. The first-order valence-corrected chi connectivity index (χ1v) is 10.6. The van der Waals surface area contributed by atoms with Crippen LogP contribution < -0.4 is 5.32 Å². The largest absolute Gasteiger partial charge is 0.459 e. The highest BCUT2D eigenvalue weighted by Crippen LogP contribution is 2.40. The molecule has 1 aromatic heterocycles. The predicted molar refractivity (Wildman–Crippen MR) is 102 cm³/mol. The summed E-state index contributed by atoms with van der Waals surface area (Å²) < 4.78 is 5.17. The lowest BCUT2D eigenvalue weighted by molar-refractivity contribution is -0.136. The highest BCUT2D eigenvalue weighted by molar-refractivity contribution is 5.93. The molecule has 2 aliphatic carbocycles. The third-order valence-electron chi connectivity index (χ3n) is 6.26. The van der Waals surface area contributed by atoms with Gasteiger partial charge in [-0.15, -0.1) is 0 Å². The fraction of sp³-hybridized carbons (Fsp3) is 0.667. The number of nitrogens with one attached hydrogen (secondary N) is 1. The third-order valence-corrected chi connectivity index (χ3v) is 6.26. The molecule has 7 nitrogen and oxygen atoms in total. The van der Waals surface area contributed by atoms with Crippen molar-refractivity contribution < 1.29 is 18.8 Å². The molecule has 3 fully saturated rings. The van der Waals surface area contributed by atoms with E-state index in [1.807, 2.05) is 0 Å². The van der Waals surface area contributed by atoms with Gasteiger partial charge in [0.2, 0.25) is 11.8 Å². The van der Waals surface area contributed by atoms with Gasteiger partial charge in [0.15, 0.2) is 5.76 Å². The smallest absolute Gasteiger partial charge is 0.289 e. The van der Waals surface area contributed by atoms with Gasteiger partial charge in [0.1, 0.15) is 0 Å². The zero-order valence-corrected chi connectivity index (χ0v) is 16.3. The van der Waals surface area contributed by atoms with E-state index in [2.05, 4.69) is 5.32 Å². The molecule has 1 aromatic rings. The van der Waals surface area contributed by atoms with Gasteiger partial charge >= 0.3 is 0 Å². The van der Waals surface area contributed by atoms with E-state index in [1.165, 1.54) is 31.9 Å². The molecule has 2 heterocycles. The number of hydrogen-bond donors (Lipinski definition) is 1. The zero-order chi connectivity index (χ0) is 19.5. The molecule has 3 aliphatic rings. The van der Waals surface area contributed by atoms with Crippen molar-refractivity contribution in [2.45, 2.75) is 51.0 Å². The van der Waals surface area contributed by atoms with Crippen LogP contribution in [0.2, 0.25) is 0 Å². The first-order chi connectivity index (χ1) is 13.6. The molecule has 1 aliphatic heterocycles. The van der Waals surface area contributed by atoms with Gasteiger partial charge in [0, 0.05) is 32.2 Å². The first-order valence-electron chi connectivity index (χ1n) is 10.6. The van der Waals surface area contributed by atoms with E-state index < -0.39 is 0 Å². The van der Waals surface area contributed by atoms with Crippen LogP contribution in [0.15, 0.2) is 22.8 Å². The normalized spacial score (nSPS) is 25.9. The van der Waals surface area contributed by atoms with Crippen molar-refractivity contribution in [3.8, 4) is 0 Å². The van der Waals surface area contributed by atoms with Gasteiger partial charge < -0.3 is 19.5 Å². The van der Waals surface area contributed by atoms with Crippen molar-refractivity contribution in [2.75, 3.05) is 26.2 Å². The molecule has 0 bridgehead atoms. The van der Waals surface area contributed by atoms with E-state index in [4.69, 9.17) is 4.42 Å². The SMILES string of the molecule is O=C(NC1CCCCCC1)C1CC1C(=O)N1CCN(C(=O)c2ccco2)CC1. The summed E-state index contributed by atoms with van der Waals surface area (Å²) in [5, 5.41) is 3.17. The maximum Gasteiger partial charge on any atom is 0.289 e. The summed E-state index contributed by atoms with van der Waals surface area (Å²) in [6, 6.07) is 3.63. The summed E-state index contributed by atoms with van der Waals surface area (Å²) in [7, 11) is 0. The number of amides is 3. The Hall–Kier alpha value is -2.31. The number of carbonyl (C=O) groups is 3. The molecule has 4 rings (SSSR count).